The zero-order chi connectivity index (χ0) is 24.9. The maximum absolute atomic E-state index is 13.5. The van der Waals surface area contributed by atoms with Crippen LogP contribution < -0.4 is 15.4 Å². The number of nitrogens with one attached hydrogen (secondary N) is 2. The third-order valence-electron chi connectivity index (χ3n) is 5.98. The molecule has 5 nitrogen and oxygen atoms in total. The average molecular weight is 473 g/mol. The average Bonchev–Trinajstić information content (AvgIpc) is 2.93. The van der Waals surface area contributed by atoms with E-state index < -0.39 is 5.91 Å². The van der Waals surface area contributed by atoms with Crippen molar-refractivity contribution in [2.75, 3.05) is 12.4 Å². The van der Waals surface area contributed by atoms with E-state index in [-0.39, 0.29) is 11.6 Å². The molecule has 5 aromatic carbocycles. The minimum atomic E-state index is -0.429. The number of ether oxygens (including phenoxy) is 1. The van der Waals surface area contributed by atoms with Crippen LogP contribution in [0.1, 0.15) is 15.9 Å². The molecular formula is C31H24N2O3. The van der Waals surface area contributed by atoms with Gasteiger partial charge in [-0.1, -0.05) is 66.7 Å². The normalized spacial score (nSPS) is 11.3. The molecule has 0 heterocycles. The summed E-state index contributed by atoms with van der Waals surface area (Å²) in [5, 5.41) is 9.80. The van der Waals surface area contributed by atoms with Crippen LogP contribution in [0.25, 0.3) is 27.6 Å². The summed E-state index contributed by atoms with van der Waals surface area (Å²) in [6.07, 6.45) is 1.75. The van der Waals surface area contributed by atoms with E-state index in [4.69, 9.17) is 4.74 Å². The molecule has 0 saturated heterocycles. The first-order valence-corrected chi connectivity index (χ1v) is 11.6. The van der Waals surface area contributed by atoms with Crippen LogP contribution in [0.15, 0.2) is 115 Å². The minimum Gasteiger partial charge on any atom is -0.497 e. The molecule has 5 rings (SSSR count). The largest absolute Gasteiger partial charge is 0.497 e. The summed E-state index contributed by atoms with van der Waals surface area (Å²) in [4.78, 5) is 26.5. The van der Waals surface area contributed by atoms with Gasteiger partial charge in [0.05, 0.1) is 7.11 Å². The Balaban J connectivity index is 1.61. The van der Waals surface area contributed by atoms with E-state index in [2.05, 4.69) is 16.7 Å². The zero-order valence-corrected chi connectivity index (χ0v) is 19.7. The van der Waals surface area contributed by atoms with Crippen LogP contribution in [0.5, 0.6) is 5.75 Å². The molecule has 0 aliphatic heterocycles. The maximum Gasteiger partial charge on any atom is 0.272 e. The molecule has 0 atom stereocenters. The minimum absolute atomic E-state index is 0.140. The van der Waals surface area contributed by atoms with E-state index in [1.165, 1.54) is 0 Å². The van der Waals surface area contributed by atoms with E-state index in [0.717, 1.165) is 27.1 Å². The predicted octanol–water partition coefficient (Wildman–Crippen LogP) is 6.41. The zero-order valence-electron chi connectivity index (χ0n) is 19.7. The first-order valence-electron chi connectivity index (χ1n) is 11.6. The number of hydrogen-bond donors (Lipinski definition) is 2. The van der Waals surface area contributed by atoms with Crippen molar-refractivity contribution < 1.29 is 14.3 Å². The molecule has 36 heavy (non-hydrogen) atoms. The number of hydrogen-bond acceptors (Lipinski definition) is 3. The summed E-state index contributed by atoms with van der Waals surface area (Å²) < 4.78 is 5.20. The number of anilines is 1. The van der Waals surface area contributed by atoms with Crippen molar-refractivity contribution in [1.29, 1.82) is 0 Å². The SMILES string of the molecule is COc1ccc(NC(=O)/C(=C\c2c3ccccc3cc3ccccc23)NC(=O)c2ccccc2)cc1. The molecule has 2 N–H and O–H groups in total. The van der Waals surface area contributed by atoms with Gasteiger partial charge in [-0.3, -0.25) is 9.59 Å². The number of fused-ring (bicyclic) bond motifs is 2. The number of methoxy groups -OCH3 is 1. The fourth-order valence-corrected chi connectivity index (χ4v) is 4.16. The molecule has 5 heteroatoms. The number of benzene rings is 5. The molecule has 0 spiro atoms. The summed E-state index contributed by atoms with van der Waals surface area (Å²) in [5.41, 5.74) is 2.05. The third kappa shape index (κ3) is 4.81. The molecule has 0 saturated carbocycles. The van der Waals surface area contributed by atoms with Gasteiger partial charge >= 0.3 is 0 Å². The lowest BCUT2D eigenvalue weighted by atomic mass is 9.96. The highest BCUT2D eigenvalue weighted by atomic mass is 16.5. The van der Waals surface area contributed by atoms with Crippen LogP contribution in [-0.2, 0) is 4.79 Å². The van der Waals surface area contributed by atoms with Crippen LogP contribution in [0, 0.1) is 0 Å². The lowest BCUT2D eigenvalue weighted by Gasteiger charge is -2.14. The van der Waals surface area contributed by atoms with E-state index in [0.29, 0.717) is 17.0 Å². The summed E-state index contributed by atoms with van der Waals surface area (Å²) in [6, 6.07) is 34.0. The highest BCUT2D eigenvalue weighted by Gasteiger charge is 2.17. The smallest absolute Gasteiger partial charge is 0.272 e. The first-order chi connectivity index (χ1) is 17.6. The van der Waals surface area contributed by atoms with E-state index in [9.17, 15) is 9.59 Å². The Kier molecular flexibility index (Phi) is 6.45. The van der Waals surface area contributed by atoms with Crippen molar-refractivity contribution in [2.45, 2.75) is 0 Å². The Morgan fingerprint density at radius 3 is 1.92 bits per heavy atom. The van der Waals surface area contributed by atoms with Crippen LogP contribution in [0.2, 0.25) is 0 Å². The number of rotatable bonds is 6. The van der Waals surface area contributed by atoms with Gasteiger partial charge in [-0.25, -0.2) is 0 Å². The van der Waals surface area contributed by atoms with Gasteiger partial charge in [-0.05, 0) is 75.6 Å². The van der Waals surface area contributed by atoms with Crippen LogP contribution in [0.3, 0.4) is 0 Å². The van der Waals surface area contributed by atoms with Gasteiger partial charge in [-0.15, -0.1) is 0 Å². The predicted molar refractivity (Wildman–Crippen MR) is 145 cm³/mol. The van der Waals surface area contributed by atoms with Crippen molar-refractivity contribution in [1.82, 2.24) is 5.32 Å². The second-order valence-electron chi connectivity index (χ2n) is 8.29. The van der Waals surface area contributed by atoms with Crippen molar-refractivity contribution >= 4 is 45.1 Å². The maximum atomic E-state index is 13.5. The van der Waals surface area contributed by atoms with Crippen molar-refractivity contribution in [3.63, 3.8) is 0 Å². The standard InChI is InChI=1S/C31H24N2O3/c1-36-25-17-15-24(16-18-25)32-31(35)29(33-30(34)21-9-3-2-4-10-21)20-28-26-13-7-5-11-22(26)19-23-12-6-8-14-27(23)28/h2-20H,1H3,(H,32,35)(H,33,34)/b29-20+. The van der Waals surface area contributed by atoms with Gasteiger partial charge in [0.1, 0.15) is 11.4 Å². The molecule has 5 aromatic rings. The number of carbonyl (C=O) groups is 2. The van der Waals surface area contributed by atoms with Gasteiger partial charge < -0.3 is 15.4 Å². The Labute approximate surface area is 209 Å². The molecule has 0 aliphatic rings. The van der Waals surface area contributed by atoms with Crippen molar-refractivity contribution in [3.05, 3.63) is 126 Å². The fraction of sp³-hybridized carbons (Fsp3) is 0.0323. The molecule has 0 radical (unpaired) electrons. The molecule has 0 aliphatic carbocycles. The van der Waals surface area contributed by atoms with Crippen LogP contribution in [0.4, 0.5) is 5.69 Å². The lowest BCUT2D eigenvalue weighted by Crippen LogP contribution is -2.30. The topological polar surface area (TPSA) is 67.4 Å². The molecule has 2 amide bonds. The number of amides is 2. The Bertz CT molecular complexity index is 1540. The van der Waals surface area contributed by atoms with Gasteiger partial charge in [0.2, 0.25) is 0 Å². The first kappa shape index (κ1) is 22.9. The van der Waals surface area contributed by atoms with Gasteiger partial charge in [0.15, 0.2) is 0 Å². The summed E-state index contributed by atoms with van der Waals surface area (Å²) in [5.74, 6) is -0.110. The van der Waals surface area contributed by atoms with Crippen LogP contribution in [-0.4, -0.2) is 18.9 Å². The molecule has 0 unspecified atom stereocenters. The molecule has 0 aromatic heterocycles. The lowest BCUT2D eigenvalue weighted by molar-refractivity contribution is -0.113. The molecule has 0 bridgehead atoms. The van der Waals surface area contributed by atoms with E-state index >= 15 is 0 Å². The monoisotopic (exact) mass is 472 g/mol. The Morgan fingerprint density at radius 1 is 0.722 bits per heavy atom. The van der Waals surface area contributed by atoms with E-state index in [1.807, 2.05) is 54.6 Å². The number of carbonyl (C=O) groups excluding carboxylic acids is 2. The quantitative estimate of drug-likeness (QED) is 0.222. The highest BCUT2D eigenvalue weighted by molar-refractivity contribution is 6.14. The summed E-state index contributed by atoms with van der Waals surface area (Å²) >= 11 is 0. The molecule has 176 valence electrons. The highest BCUT2D eigenvalue weighted by Crippen LogP contribution is 2.30. The Morgan fingerprint density at radius 2 is 1.31 bits per heavy atom. The molecular weight excluding hydrogens is 448 g/mol. The van der Waals surface area contributed by atoms with Crippen molar-refractivity contribution in [3.8, 4) is 5.75 Å². The third-order valence-corrected chi connectivity index (χ3v) is 5.98. The van der Waals surface area contributed by atoms with Gasteiger partial charge in [0, 0.05) is 11.3 Å². The fourth-order valence-electron chi connectivity index (χ4n) is 4.16. The van der Waals surface area contributed by atoms with Gasteiger partial charge in [0.25, 0.3) is 11.8 Å². The second-order valence-corrected chi connectivity index (χ2v) is 8.29. The Hall–Kier alpha value is -4.90. The second kappa shape index (κ2) is 10.2. The van der Waals surface area contributed by atoms with Crippen molar-refractivity contribution in [2.24, 2.45) is 0 Å². The molecule has 0 fully saturated rings. The van der Waals surface area contributed by atoms with E-state index in [1.54, 1.807) is 61.7 Å². The summed E-state index contributed by atoms with van der Waals surface area (Å²) in [6.45, 7) is 0. The van der Waals surface area contributed by atoms with Crippen LogP contribution >= 0.6 is 0 Å². The summed E-state index contributed by atoms with van der Waals surface area (Å²) in [7, 11) is 1.59. The van der Waals surface area contributed by atoms with Gasteiger partial charge in [-0.2, -0.15) is 0 Å².